The fourth-order valence-corrected chi connectivity index (χ4v) is 2.49. The lowest BCUT2D eigenvalue weighted by Crippen LogP contribution is -2.08. The van der Waals surface area contributed by atoms with Crippen LogP contribution in [0.3, 0.4) is 0 Å². The van der Waals surface area contributed by atoms with Crippen molar-refractivity contribution in [3.63, 3.8) is 0 Å². The van der Waals surface area contributed by atoms with Gasteiger partial charge in [-0.15, -0.1) is 0 Å². The monoisotopic (exact) mass is 237 g/mol. The summed E-state index contributed by atoms with van der Waals surface area (Å²) in [6.07, 6.45) is 11.0. The van der Waals surface area contributed by atoms with Crippen LogP contribution in [-0.4, -0.2) is 15.8 Å². The topological polar surface area (TPSA) is 34.9 Å². The highest BCUT2D eigenvalue weighted by molar-refractivity contribution is 5.76. The predicted octanol–water partition coefficient (Wildman–Crippen LogP) is 2.32. The molecule has 1 heterocycles. The molecule has 0 fully saturated rings. The van der Waals surface area contributed by atoms with Crippen LogP contribution in [0.5, 0.6) is 0 Å². The Labute approximate surface area is 106 Å². The van der Waals surface area contributed by atoms with Gasteiger partial charge >= 0.3 is 0 Å². The van der Waals surface area contributed by atoms with E-state index < -0.39 is 0 Å². The summed E-state index contributed by atoms with van der Waals surface area (Å²) >= 11 is 0. The molecule has 3 heteroatoms. The van der Waals surface area contributed by atoms with Crippen LogP contribution in [0, 0.1) is 6.92 Å². The number of rotatable bonds is 2. The number of carbonyl (C=O) groups excluding carboxylic acids is 1. The summed E-state index contributed by atoms with van der Waals surface area (Å²) in [7, 11) is 0. The molecule has 89 valence electrons. The van der Waals surface area contributed by atoms with Crippen LogP contribution >= 0.6 is 0 Å². The Morgan fingerprint density at radius 3 is 3.00 bits per heavy atom. The molecule has 1 aromatic carbocycles. The first kappa shape index (κ1) is 11.0. The first-order valence-electron chi connectivity index (χ1n) is 5.96. The largest absolute Gasteiger partial charge is 0.306 e. The number of fused-ring (bicyclic) bond motifs is 1. The molecule has 0 atom stereocenters. The van der Waals surface area contributed by atoms with Gasteiger partial charge in [-0.1, -0.05) is 12.1 Å². The molecular weight excluding hydrogens is 224 g/mol. The SMILES string of the molecule is Cc1c(-n2ccnc2)ccc2c1CC([C]=O)=CC2. The fraction of sp³-hybridized carbons (Fsp3) is 0.200. The van der Waals surface area contributed by atoms with Gasteiger partial charge in [0.2, 0.25) is 6.29 Å². The highest BCUT2D eigenvalue weighted by Gasteiger charge is 2.15. The lowest BCUT2D eigenvalue weighted by atomic mass is 9.88. The van der Waals surface area contributed by atoms with E-state index in [1.54, 1.807) is 12.5 Å². The van der Waals surface area contributed by atoms with Crippen molar-refractivity contribution in [2.75, 3.05) is 0 Å². The van der Waals surface area contributed by atoms with Crippen molar-refractivity contribution in [3.8, 4) is 5.69 Å². The van der Waals surface area contributed by atoms with Gasteiger partial charge in [-0.3, -0.25) is 4.79 Å². The first-order chi connectivity index (χ1) is 8.79. The minimum Gasteiger partial charge on any atom is -0.306 e. The first-order valence-corrected chi connectivity index (χ1v) is 5.96. The van der Waals surface area contributed by atoms with Crippen LogP contribution in [0.4, 0.5) is 0 Å². The highest BCUT2D eigenvalue weighted by Crippen LogP contribution is 2.27. The summed E-state index contributed by atoms with van der Waals surface area (Å²) in [6.45, 7) is 2.10. The van der Waals surface area contributed by atoms with E-state index in [1.807, 2.05) is 23.1 Å². The van der Waals surface area contributed by atoms with Crippen molar-refractivity contribution in [1.29, 1.82) is 0 Å². The van der Waals surface area contributed by atoms with Crippen LogP contribution in [0.15, 0.2) is 42.5 Å². The molecule has 18 heavy (non-hydrogen) atoms. The zero-order chi connectivity index (χ0) is 12.5. The van der Waals surface area contributed by atoms with Gasteiger partial charge in [0.25, 0.3) is 0 Å². The zero-order valence-electron chi connectivity index (χ0n) is 10.2. The summed E-state index contributed by atoms with van der Waals surface area (Å²) in [6, 6.07) is 4.25. The molecule has 1 aliphatic carbocycles. The van der Waals surface area contributed by atoms with Crippen LogP contribution in [-0.2, 0) is 17.6 Å². The van der Waals surface area contributed by atoms with Gasteiger partial charge < -0.3 is 4.57 Å². The third-order valence-corrected chi connectivity index (χ3v) is 3.52. The second kappa shape index (κ2) is 4.26. The van der Waals surface area contributed by atoms with Gasteiger partial charge in [0.05, 0.1) is 6.33 Å². The Morgan fingerprint density at radius 1 is 1.39 bits per heavy atom. The molecular formula is C15H13N2O. The lowest BCUT2D eigenvalue weighted by Gasteiger charge is -2.19. The Kier molecular flexibility index (Phi) is 2.59. The van der Waals surface area contributed by atoms with E-state index in [2.05, 4.69) is 24.0 Å². The number of aromatic nitrogens is 2. The number of hydrogen-bond acceptors (Lipinski definition) is 2. The smallest absolute Gasteiger partial charge is 0.229 e. The van der Waals surface area contributed by atoms with Gasteiger partial charge in [0.15, 0.2) is 0 Å². The third-order valence-electron chi connectivity index (χ3n) is 3.52. The average molecular weight is 237 g/mol. The van der Waals surface area contributed by atoms with E-state index in [-0.39, 0.29) is 0 Å². The minimum absolute atomic E-state index is 0.688. The lowest BCUT2D eigenvalue weighted by molar-refractivity contribution is 0.560. The molecule has 0 amide bonds. The van der Waals surface area contributed by atoms with Crippen molar-refractivity contribution in [2.45, 2.75) is 19.8 Å². The third kappa shape index (κ3) is 1.68. The second-order valence-corrected chi connectivity index (χ2v) is 4.53. The number of imidazole rings is 1. The number of nitrogens with zero attached hydrogens (tertiary/aromatic N) is 2. The maximum absolute atomic E-state index is 10.8. The summed E-state index contributed by atoms with van der Waals surface area (Å²) in [4.78, 5) is 14.9. The van der Waals surface area contributed by atoms with Crippen molar-refractivity contribution >= 4 is 6.29 Å². The predicted molar refractivity (Wildman–Crippen MR) is 69.5 cm³/mol. The van der Waals surface area contributed by atoms with E-state index in [1.165, 1.54) is 16.7 Å². The quantitative estimate of drug-likeness (QED) is 0.803. The van der Waals surface area contributed by atoms with Crippen LogP contribution < -0.4 is 0 Å². The van der Waals surface area contributed by atoms with Crippen LogP contribution in [0.25, 0.3) is 5.69 Å². The maximum Gasteiger partial charge on any atom is 0.229 e. The Balaban J connectivity index is 2.10. The van der Waals surface area contributed by atoms with Crippen LogP contribution in [0.2, 0.25) is 0 Å². The minimum atomic E-state index is 0.688. The molecule has 1 aliphatic rings. The molecule has 0 unspecified atom stereocenters. The molecule has 3 nitrogen and oxygen atoms in total. The highest BCUT2D eigenvalue weighted by atomic mass is 16.1. The maximum atomic E-state index is 10.8. The Bertz CT molecular complexity index is 624. The standard InChI is InChI=1S/C15H13N2O/c1-11-14-8-12(9-18)2-3-13(14)4-5-15(11)17-7-6-16-10-17/h2,4-7,10H,3,8H2,1H3. The molecule has 3 rings (SSSR count). The van der Waals surface area contributed by atoms with Crippen LogP contribution in [0.1, 0.15) is 16.7 Å². The zero-order valence-corrected chi connectivity index (χ0v) is 10.2. The molecule has 0 aliphatic heterocycles. The van der Waals surface area contributed by atoms with Crippen molar-refractivity contribution in [2.24, 2.45) is 0 Å². The van der Waals surface area contributed by atoms with Gasteiger partial charge in [0.1, 0.15) is 0 Å². The molecule has 0 N–H and O–H groups in total. The van der Waals surface area contributed by atoms with E-state index in [4.69, 9.17) is 0 Å². The number of benzene rings is 1. The van der Waals surface area contributed by atoms with E-state index >= 15 is 0 Å². The average Bonchev–Trinajstić information content (AvgIpc) is 2.93. The molecule has 2 aromatic rings. The molecule has 0 spiro atoms. The normalized spacial score (nSPS) is 13.9. The number of hydrogen-bond donors (Lipinski definition) is 0. The van der Waals surface area contributed by atoms with Gasteiger partial charge in [-0.2, -0.15) is 0 Å². The summed E-state index contributed by atoms with van der Waals surface area (Å²) in [5.74, 6) is 0. The van der Waals surface area contributed by atoms with Gasteiger partial charge in [0, 0.05) is 30.1 Å². The second-order valence-electron chi connectivity index (χ2n) is 4.53. The summed E-state index contributed by atoms with van der Waals surface area (Å²) < 4.78 is 2.00. The van der Waals surface area contributed by atoms with Gasteiger partial charge in [-0.25, -0.2) is 4.98 Å². The summed E-state index contributed by atoms with van der Waals surface area (Å²) in [5.41, 5.74) is 5.65. The van der Waals surface area contributed by atoms with E-state index in [9.17, 15) is 4.79 Å². The van der Waals surface area contributed by atoms with Crippen molar-refractivity contribution in [1.82, 2.24) is 9.55 Å². The molecule has 0 saturated carbocycles. The van der Waals surface area contributed by atoms with Gasteiger partial charge in [-0.05, 0) is 36.1 Å². The van der Waals surface area contributed by atoms with E-state index in [0.29, 0.717) is 6.42 Å². The Hall–Kier alpha value is -2.16. The van der Waals surface area contributed by atoms with Crippen molar-refractivity contribution in [3.05, 3.63) is 59.2 Å². The number of allylic oxidation sites excluding steroid dienone is 2. The Morgan fingerprint density at radius 2 is 2.28 bits per heavy atom. The molecule has 1 aromatic heterocycles. The molecule has 0 saturated heterocycles. The van der Waals surface area contributed by atoms with E-state index in [0.717, 1.165) is 17.7 Å². The fourth-order valence-electron chi connectivity index (χ4n) is 2.49. The summed E-state index contributed by atoms with van der Waals surface area (Å²) in [5, 5.41) is 0. The molecule has 0 bridgehead atoms. The van der Waals surface area contributed by atoms with Crippen molar-refractivity contribution < 1.29 is 4.79 Å². The molecule has 1 radical (unpaired) electrons.